The van der Waals surface area contributed by atoms with Gasteiger partial charge in [-0.15, -0.1) is 0 Å². The number of hydrogen-bond acceptors (Lipinski definition) is 4. The summed E-state index contributed by atoms with van der Waals surface area (Å²) in [7, 11) is 0. The molecule has 1 amide bonds. The Bertz CT molecular complexity index is 1080. The van der Waals surface area contributed by atoms with Crippen LogP contribution in [-0.2, 0) is 9.53 Å². The number of nitrogens with one attached hydrogen (secondary N) is 1. The molecule has 2 aromatic carbocycles. The molecule has 0 radical (unpaired) electrons. The van der Waals surface area contributed by atoms with Gasteiger partial charge in [-0.3, -0.25) is 9.59 Å². The number of benzene rings is 2. The molecule has 0 aromatic heterocycles. The Morgan fingerprint density at radius 3 is 2.18 bits per heavy atom. The maximum Gasteiger partial charge on any atom is 0.340 e. The van der Waals surface area contributed by atoms with Crippen LogP contribution in [0.3, 0.4) is 0 Å². The second-order valence-corrected chi connectivity index (χ2v) is 10.3. The number of amides is 1. The van der Waals surface area contributed by atoms with Crippen LogP contribution in [0.1, 0.15) is 59.2 Å². The fourth-order valence-electron chi connectivity index (χ4n) is 6.41. The van der Waals surface area contributed by atoms with E-state index < -0.39 is 17.7 Å². The van der Waals surface area contributed by atoms with Crippen molar-refractivity contribution in [2.75, 3.05) is 11.9 Å². The van der Waals surface area contributed by atoms with Crippen molar-refractivity contribution in [1.29, 1.82) is 0 Å². The third-order valence-corrected chi connectivity index (χ3v) is 7.76. The minimum Gasteiger partial charge on any atom is -0.454 e. The molecule has 0 saturated heterocycles. The minimum absolute atomic E-state index is 0.0146. The van der Waals surface area contributed by atoms with Gasteiger partial charge in [-0.05, 0) is 98.7 Å². The minimum atomic E-state index is -0.695. The van der Waals surface area contributed by atoms with E-state index in [0.29, 0.717) is 22.8 Å². The molecule has 6 rings (SSSR count). The van der Waals surface area contributed by atoms with E-state index in [0.717, 1.165) is 19.3 Å². The Labute approximate surface area is 196 Å². The van der Waals surface area contributed by atoms with Crippen LogP contribution in [0.25, 0.3) is 0 Å². The summed E-state index contributed by atoms with van der Waals surface area (Å²) in [5.74, 6) is 0.222. The summed E-state index contributed by atoms with van der Waals surface area (Å²) in [5, 5.41) is 2.96. The number of carbonyl (C=O) groups is 3. The lowest BCUT2D eigenvalue weighted by atomic mass is 9.48. The second-order valence-electron chi connectivity index (χ2n) is 9.85. The zero-order valence-corrected chi connectivity index (χ0v) is 18.9. The smallest absolute Gasteiger partial charge is 0.340 e. The van der Waals surface area contributed by atoms with E-state index in [2.05, 4.69) is 5.32 Å². The fraction of sp³-hybridized carbons (Fsp3) is 0.423. The lowest BCUT2D eigenvalue weighted by molar-refractivity contribution is -0.147. The maximum absolute atomic E-state index is 13.2. The van der Waals surface area contributed by atoms with E-state index in [9.17, 15) is 18.8 Å². The summed E-state index contributed by atoms with van der Waals surface area (Å²) in [6.07, 6.45) is 6.43. The number of rotatable bonds is 6. The zero-order valence-electron chi connectivity index (χ0n) is 18.1. The van der Waals surface area contributed by atoms with Gasteiger partial charge in [0.05, 0.1) is 11.3 Å². The number of ketones is 1. The highest BCUT2D eigenvalue weighted by Crippen LogP contribution is 2.60. The highest BCUT2D eigenvalue weighted by atomic mass is 35.5. The topological polar surface area (TPSA) is 72.5 Å². The van der Waals surface area contributed by atoms with Gasteiger partial charge < -0.3 is 10.1 Å². The van der Waals surface area contributed by atoms with Gasteiger partial charge in [-0.1, -0.05) is 11.6 Å². The van der Waals surface area contributed by atoms with E-state index >= 15 is 0 Å². The molecule has 0 aliphatic heterocycles. The lowest BCUT2D eigenvalue weighted by Gasteiger charge is -2.55. The predicted molar refractivity (Wildman–Crippen MR) is 122 cm³/mol. The van der Waals surface area contributed by atoms with E-state index in [1.165, 1.54) is 61.7 Å². The Balaban J connectivity index is 1.27. The first-order valence-electron chi connectivity index (χ1n) is 11.4. The Hall–Kier alpha value is -2.73. The van der Waals surface area contributed by atoms with Crippen molar-refractivity contribution in [3.8, 4) is 0 Å². The van der Waals surface area contributed by atoms with Gasteiger partial charge in [-0.25, -0.2) is 9.18 Å². The molecule has 4 saturated carbocycles. The highest BCUT2D eigenvalue weighted by Gasteiger charge is 2.54. The number of ether oxygens (including phenoxy) is 1. The Morgan fingerprint density at radius 2 is 1.58 bits per heavy atom. The van der Waals surface area contributed by atoms with Gasteiger partial charge >= 0.3 is 5.97 Å². The standard InChI is InChI=1S/C26H25ClFNO4/c27-19-3-6-21(22(10-19)29-24(31)18-1-4-20(28)5-2-18)25(32)33-14-23(30)26-11-15-7-16(12-26)9-17(8-15)13-26/h1-6,10,15-17H,7-9,11-14H2,(H,29,31). The highest BCUT2D eigenvalue weighted by molar-refractivity contribution is 6.31. The van der Waals surface area contributed by atoms with Crippen molar-refractivity contribution in [1.82, 2.24) is 0 Å². The maximum atomic E-state index is 13.2. The molecule has 0 atom stereocenters. The van der Waals surface area contributed by atoms with E-state index in [-0.39, 0.29) is 34.6 Å². The fourth-order valence-corrected chi connectivity index (χ4v) is 6.58. The van der Waals surface area contributed by atoms with E-state index in [4.69, 9.17) is 16.3 Å². The van der Waals surface area contributed by atoms with E-state index in [1.54, 1.807) is 0 Å². The molecule has 33 heavy (non-hydrogen) atoms. The SMILES string of the molecule is O=C(Nc1cc(Cl)ccc1C(=O)OCC(=O)C12CC3CC(CC(C3)C1)C2)c1ccc(F)cc1. The van der Waals surface area contributed by atoms with Crippen molar-refractivity contribution >= 4 is 34.9 Å². The number of hydrogen-bond donors (Lipinski definition) is 1. The zero-order chi connectivity index (χ0) is 23.2. The van der Waals surface area contributed by atoms with Crippen LogP contribution in [0, 0.1) is 29.0 Å². The summed E-state index contributed by atoms with van der Waals surface area (Å²) in [4.78, 5) is 38.6. The van der Waals surface area contributed by atoms with E-state index in [1.807, 2.05) is 0 Å². The summed E-state index contributed by atoms with van der Waals surface area (Å²) >= 11 is 6.07. The number of esters is 1. The van der Waals surface area contributed by atoms with Crippen molar-refractivity contribution in [2.24, 2.45) is 23.2 Å². The van der Waals surface area contributed by atoms with Gasteiger partial charge in [0.15, 0.2) is 12.4 Å². The molecule has 7 heteroatoms. The van der Waals surface area contributed by atoms with Crippen LogP contribution >= 0.6 is 11.6 Å². The quantitative estimate of drug-likeness (QED) is 0.553. The Kier molecular flexibility index (Phi) is 5.73. The number of anilines is 1. The van der Waals surface area contributed by atoms with Crippen LogP contribution < -0.4 is 5.32 Å². The average Bonchev–Trinajstić information content (AvgIpc) is 2.77. The predicted octanol–water partition coefficient (Wildman–Crippen LogP) is 5.67. The molecule has 4 aliphatic rings. The van der Waals surface area contributed by atoms with Gasteiger partial charge in [0, 0.05) is 16.0 Å². The molecule has 0 unspecified atom stereocenters. The molecule has 0 heterocycles. The van der Waals surface area contributed by atoms with Crippen LogP contribution in [0.4, 0.5) is 10.1 Å². The van der Waals surface area contributed by atoms with Crippen molar-refractivity contribution in [3.05, 3.63) is 64.4 Å². The molecular formula is C26H25ClFNO4. The van der Waals surface area contributed by atoms with Gasteiger partial charge in [0.2, 0.25) is 0 Å². The third-order valence-electron chi connectivity index (χ3n) is 7.52. The number of halogens is 2. The van der Waals surface area contributed by atoms with Crippen molar-refractivity contribution in [2.45, 2.75) is 38.5 Å². The van der Waals surface area contributed by atoms with Gasteiger partial charge in [0.1, 0.15) is 5.82 Å². The van der Waals surface area contributed by atoms with Crippen LogP contribution in [0.2, 0.25) is 5.02 Å². The van der Waals surface area contributed by atoms with Crippen LogP contribution in [-0.4, -0.2) is 24.3 Å². The first kappa shape index (κ1) is 22.1. The number of carbonyl (C=O) groups excluding carboxylic acids is 3. The molecule has 172 valence electrons. The summed E-state index contributed by atoms with van der Waals surface area (Å²) in [6.45, 7) is -0.265. The molecular weight excluding hydrogens is 445 g/mol. The molecule has 4 bridgehead atoms. The summed E-state index contributed by atoms with van der Waals surface area (Å²) in [5.41, 5.74) is 0.166. The molecule has 1 N–H and O–H groups in total. The largest absolute Gasteiger partial charge is 0.454 e. The first-order chi connectivity index (χ1) is 15.8. The molecule has 4 aliphatic carbocycles. The third kappa shape index (κ3) is 4.41. The molecule has 5 nitrogen and oxygen atoms in total. The van der Waals surface area contributed by atoms with Gasteiger partial charge in [0.25, 0.3) is 5.91 Å². The molecule has 2 aromatic rings. The molecule has 4 fully saturated rings. The van der Waals surface area contributed by atoms with Crippen molar-refractivity contribution < 1.29 is 23.5 Å². The van der Waals surface area contributed by atoms with Crippen LogP contribution in [0.15, 0.2) is 42.5 Å². The Morgan fingerprint density at radius 1 is 0.970 bits per heavy atom. The second kappa shape index (κ2) is 8.56. The lowest BCUT2D eigenvalue weighted by Crippen LogP contribution is -2.51. The number of Topliss-reactive ketones (excluding diaryl/α,β-unsaturated/α-hetero) is 1. The van der Waals surface area contributed by atoms with Gasteiger partial charge in [-0.2, -0.15) is 0 Å². The summed E-state index contributed by atoms with van der Waals surface area (Å²) < 4.78 is 18.6. The summed E-state index contributed by atoms with van der Waals surface area (Å²) in [6, 6.07) is 9.47. The monoisotopic (exact) mass is 469 g/mol. The first-order valence-corrected chi connectivity index (χ1v) is 11.8. The van der Waals surface area contributed by atoms with Crippen molar-refractivity contribution in [3.63, 3.8) is 0 Å². The van der Waals surface area contributed by atoms with Crippen LogP contribution in [0.5, 0.6) is 0 Å². The normalized spacial score (nSPS) is 27.3. The molecule has 0 spiro atoms. The average molecular weight is 470 g/mol.